The van der Waals surface area contributed by atoms with Gasteiger partial charge in [0.15, 0.2) is 0 Å². The van der Waals surface area contributed by atoms with E-state index >= 15 is 0 Å². The number of ether oxygens (including phenoxy) is 1. The van der Waals surface area contributed by atoms with Crippen LogP contribution in [-0.2, 0) is 0 Å². The Kier molecular flexibility index (Phi) is 2.91. The van der Waals surface area contributed by atoms with E-state index in [-0.39, 0.29) is 0 Å². The van der Waals surface area contributed by atoms with E-state index in [2.05, 4.69) is 15.2 Å². The maximum Gasteiger partial charge on any atom is 0.213 e. The largest absolute Gasteiger partial charge is 0.481 e. The van der Waals surface area contributed by atoms with E-state index < -0.39 is 0 Å². The smallest absolute Gasteiger partial charge is 0.213 e. The molecule has 5 heteroatoms. The van der Waals surface area contributed by atoms with Gasteiger partial charge in [-0.25, -0.2) is 4.98 Å². The molecule has 0 unspecified atom stereocenters. The van der Waals surface area contributed by atoms with E-state index in [1.54, 1.807) is 13.3 Å². The molecule has 0 spiro atoms. The van der Waals surface area contributed by atoms with Crippen LogP contribution in [0.5, 0.6) is 5.88 Å². The van der Waals surface area contributed by atoms with Crippen LogP contribution in [0.3, 0.4) is 0 Å². The minimum atomic E-state index is 0.465. The van der Waals surface area contributed by atoms with Crippen LogP contribution in [0, 0.1) is 13.8 Å². The summed E-state index contributed by atoms with van der Waals surface area (Å²) in [5.74, 6) is 1.02. The van der Waals surface area contributed by atoms with Crippen molar-refractivity contribution in [1.82, 2.24) is 15.2 Å². The summed E-state index contributed by atoms with van der Waals surface area (Å²) in [5, 5.41) is 8.06. The Morgan fingerprint density at radius 1 is 1.18 bits per heavy atom. The molecule has 0 aliphatic heterocycles. The molecule has 0 fully saturated rings. The Morgan fingerprint density at radius 3 is 2.65 bits per heavy atom. The number of methoxy groups -OCH3 is 1. The van der Waals surface area contributed by atoms with Crippen molar-refractivity contribution in [2.24, 2.45) is 0 Å². The molecule has 2 rings (SSSR count). The van der Waals surface area contributed by atoms with Gasteiger partial charge in [-0.2, -0.15) is 0 Å². The first-order chi connectivity index (χ1) is 8.13. The minimum Gasteiger partial charge on any atom is -0.481 e. The number of rotatable bonds is 2. The average Bonchev–Trinajstić information content (AvgIpc) is 2.36. The van der Waals surface area contributed by atoms with E-state index in [1.807, 2.05) is 26.0 Å². The Bertz CT molecular complexity index is 554. The predicted octanol–water partition coefficient (Wildman–Crippen LogP) is 1.75. The van der Waals surface area contributed by atoms with Crippen LogP contribution in [0.25, 0.3) is 11.3 Å². The van der Waals surface area contributed by atoms with Crippen molar-refractivity contribution < 1.29 is 4.74 Å². The SMILES string of the molecule is COc1cc(-c2nnc(N)c(C)c2C)ccn1. The van der Waals surface area contributed by atoms with Crippen molar-refractivity contribution in [2.75, 3.05) is 12.8 Å². The summed E-state index contributed by atoms with van der Waals surface area (Å²) in [6.45, 7) is 3.91. The molecular formula is C12H14N4O. The van der Waals surface area contributed by atoms with Crippen molar-refractivity contribution in [3.8, 4) is 17.1 Å². The van der Waals surface area contributed by atoms with Crippen molar-refractivity contribution in [3.05, 3.63) is 29.5 Å². The van der Waals surface area contributed by atoms with Gasteiger partial charge in [-0.15, -0.1) is 10.2 Å². The second kappa shape index (κ2) is 4.37. The molecule has 0 aromatic carbocycles. The van der Waals surface area contributed by atoms with Gasteiger partial charge in [0, 0.05) is 17.8 Å². The number of hydrogen-bond donors (Lipinski definition) is 1. The molecular weight excluding hydrogens is 216 g/mol. The topological polar surface area (TPSA) is 73.9 Å². The molecule has 17 heavy (non-hydrogen) atoms. The van der Waals surface area contributed by atoms with Gasteiger partial charge in [-0.3, -0.25) is 0 Å². The van der Waals surface area contributed by atoms with Gasteiger partial charge < -0.3 is 10.5 Å². The molecule has 0 aliphatic rings. The lowest BCUT2D eigenvalue weighted by atomic mass is 10.0. The summed E-state index contributed by atoms with van der Waals surface area (Å²) in [6.07, 6.45) is 1.68. The molecule has 88 valence electrons. The molecule has 2 N–H and O–H groups in total. The molecule has 0 saturated carbocycles. The fraction of sp³-hybridized carbons (Fsp3) is 0.250. The quantitative estimate of drug-likeness (QED) is 0.850. The Hall–Kier alpha value is -2.17. The maximum absolute atomic E-state index is 5.71. The molecule has 0 amide bonds. The monoisotopic (exact) mass is 230 g/mol. The molecule has 0 atom stereocenters. The van der Waals surface area contributed by atoms with Crippen molar-refractivity contribution in [2.45, 2.75) is 13.8 Å². The Balaban J connectivity index is 2.56. The number of hydrogen-bond acceptors (Lipinski definition) is 5. The van der Waals surface area contributed by atoms with E-state index in [1.165, 1.54) is 0 Å². The van der Waals surface area contributed by atoms with Crippen LogP contribution in [0.1, 0.15) is 11.1 Å². The van der Waals surface area contributed by atoms with Crippen LogP contribution in [0.15, 0.2) is 18.3 Å². The van der Waals surface area contributed by atoms with Crippen LogP contribution in [0.4, 0.5) is 5.82 Å². The first kappa shape index (κ1) is 11.3. The van der Waals surface area contributed by atoms with Crippen LogP contribution < -0.4 is 10.5 Å². The predicted molar refractivity (Wildman–Crippen MR) is 65.7 cm³/mol. The Labute approximate surface area is 99.7 Å². The lowest BCUT2D eigenvalue weighted by molar-refractivity contribution is 0.398. The van der Waals surface area contributed by atoms with E-state index in [0.29, 0.717) is 11.7 Å². The third kappa shape index (κ3) is 2.04. The van der Waals surface area contributed by atoms with Crippen LogP contribution >= 0.6 is 0 Å². The third-order valence-electron chi connectivity index (χ3n) is 2.78. The van der Waals surface area contributed by atoms with Crippen LogP contribution in [0.2, 0.25) is 0 Å². The summed E-state index contributed by atoms with van der Waals surface area (Å²) in [6, 6.07) is 3.70. The second-order valence-electron chi connectivity index (χ2n) is 3.77. The fourth-order valence-corrected chi connectivity index (χ4v) is 1.57. The van der Waals surface area contributed by atoms with Gasteiger partial charge in [0.05, 0.1) is 12.8 Å². The standard InChI is InChI=1S/C12H14N4O/c1-7-8(2)12(13)16-15-11(7)9-4-5-14-10(6-9)17-3/h4-6H,1-3H3,(H2,13,16). The molecule has 5 nitrogen and oxygen atoms in total. The van der Waals surface area contributed by atoms with Gasteiger partial charge in [0.2, 0.25) is 5.88 Å². The normalized spacial score (nSPS) is 10.3. The highest BCUT2D eigenvalue weighted by Crippen LogP contribution is 2.26. The number of aromatic nitrogens is 3. The number of anilines is 1. The van der Waals surface area contributed by atoms with Gasteiger partial charge in [-0.05, 0) is 31.0 Å². The zero-order chi connectivity index (χ0) is 12.4. The van der Waals surface area contributed by atoms with Crippen molar-refractivity contribution >= 4 is 5.82 Å². The molecule has 2 heterocycles. The zero-order valence-corrected chi connectivity index (χ0v) is 10.1. The number of pyridine rings is 1. The Morgan fingerprint density at radius 2 is 1.94 bits per heavy atom. The van der Waals surface area contributed by atoms with Gasteiger partial charge in [0.25, 0.3) is 0 Å². The van der Waals surface area contributed by atoms with E-state index in [9.17, 15) is 0 Å². The third-order valence-corrected chi connectivity index (χ3v) is 2.78. The lowest BCUT2D eigenvalue weighted by Gasteiger charge is -2.09. The molecule has 0 radical (unpaired) electrons. The minimum absolute atomic E-state index is 0.465. The zero-order valence-electron chi connectivity index (χ0n) is 10.1. The summed E-state index contributed by atoms with van der Waals surface area (Å²) >= 11 is 0. The summed E-state index contributed by atoms with van der Waals surface area (Å²) in [7, 11) is 1.58. The first-order valence-corrected chi connectivity index (χ1v) is 5.23. The van der Waals surface area contributed by atoms with E-state index in [4.69, 9.17) is 10.5 Å². The highest BCUT2D eigenvalue weighted by molar-refractivity contribution is 5.66. The second-order valence-corrected chi connectivity index (χ2v) is 3.77. The molecule has 2 aromatic heterocycles. The average molecular weight is 230 g/mol. The van der Waals surface area contributed by atoms with Gasteiger partial charge in [-0.1, -0.05) is 0 Å². The highest BCUT2D eigenvalue weighted by Gasteiger charge is 2.10. The van der Waals surface area contributed by atoms with Gasteiger partial charge >= 0.3 is 0 Å². The number of nitrogens with two attached hydrogens (primary N) is 1. The molecule has 0 saturated heterocycles. The highest BCUT2D eigenvalue weighted by atomic mass is 16.5. The van der Waals surface area contributed by atoms with Crippen LogP contribution in [-0.4, -0.2) is 22.3 Å². The van der Waals surface area contributed by atoms with E-state index in [0.717, 1.165) is 22.4 Å². The number of nitrogens with zero attached hydrogens (tertiary/aromatic N) is 3. The summed E-state index contributed by atoms with van der Waals surface area (Å²) < 4.78 is 5.09. The molecule has 0 bridgehead atoms. The van der Waals surface area contributed by atoms with Gasteiger partial charge in [0.1, 0.15) is 5.82 Å². The molecule has 2 aromatic rings. The maximum atomic E-state index is 5.71. The fourth-order valence-electron chi connectivity index (χ4n) is 1.57. The van der Waals surface area contributed by atoms with Crippen molar-refractivity contribution in [1.29, 1.82) is 0 Å². The number of nitrogen functional groups attached to an aromatic ring is 1. The van der Waals surface area contributed by atoms with Crippen molar-refractivity contribution in [3.63, 3.8) is 0 Å². The molecule has 0 aliphatic carbocycles. The summed E-state index contributed by atoms with van der Waals surface area (Å²) in [5.41, 5.74) is 9.41. The first-order valence-electron chi connectivity index (χ1n) is 5.23. The lowest BCUT2D eigenvalue weighted by Crippen LogP contribution is -2.02. The summed E-state index contributed by atoms with van der Waals surface area (Å²) in [4.78, 5) is 4.06.